The molecule has 2 aromatic carbocycles. The summed E-state index contributed by atoms with van der Waals surface area (Å²) in [4.78, 5) is 12.0. The Hall–Kier alpha value is -2.33. The van der Waals surface area contributed by atoms with Gasteiger partial charge in [0.2, 0.25) is 0 Å². The van der Waals surface area contributed by atoms with Gasteiger partial charge in [-0.15, -0.1) is 0 Å². The van der Waals surface area contributed by atoms with Gasteiger partial charge in [0, 0.05) is 6.61 Å². The third-order valence-electron chi connectivity index (χ3n) is 3.60. The van der Waals surface area contributed by atoms with Crippen LogP contribution in [0.3, 0.4) is 0 Å². The summed E-state index contributed by atoms with van der Waals surface area (Å²) < 4.78 is 16.0. The van der Waals surface area contributed by atoms with Crippen molar-refractivity contribution in [3.63, 3.8) is 0 Å². The highest BCUT2D eigenvalue weighted by molar-refractivity contribution is 5.68. The molecule has 0 amide bonds. The number of aryl methyl sites for hydroxylation is 1. The lowest BCUT2D eigenvalue weighted by Crippen LogP contribution is -2.15. The van der Waals surface area contributed by atoms with Crippen LogP contribution in [-0.2, 0) is 11.2 Å². The summed E-state index contributed by atoms with van der Waals surface area (Å²) in [5, 5.41) is 0. The Kier molecular flexibility index (Phi) is 6.18. The zero-order valence-corrected chi connectivity index (χ0v) is 13.8. The molecule has 2 aromatic rings. The van der Waals surface area contributed by atoms with E-state index >= 15 is 0 Å². The lowest BCUT2D eigenvalue weighted by molar-refractivity contribution is 0.149. The van der Waals surface area contributed by atoms with E-state index in [4.69, 9.17) is 14.2 Å². The molecule has 0 saturated heterocycles. The van der Waals surface area contributed by atoms with Gasteiger partial charge in [-0.25, -0.2) is 4.79 Å². The Labute approximate surface area is 137 Å². The quantitative estimate of drug-likeness (QED) is 0.448. The number of para-hydroxylation sites is 1. The van der Waals surface area contributed by atoms with E-state index < -0.39 is 6.16 Å². The summed E-state index contributed by atoms with van der Waals surface area (Å²) in [6, 6.07) is 13.0. The van der Waals surface area contributed by atoms with Crippen LogP contribution in [0.4, 0.5) is 4.79 Å². The van der Waals surface area contributed by atoms with Crippen molar-refractivity contribution in [2.45, 2.75) is 27.2 Å². The molecule has 0 aliphatic carbocycles. The highest BCUT2D eigenvalue weighted by Crippen LogP contribution is 2.23. The summed E-state index contributed by atoms with van der Waals surface area (Å²) in [6.45, 7) is 7.11. The van der Waals surface area contributed by atoms with Gasteiger partial charge >= 0.3 is 6.16 Å². The largest absolute Gasteiger partial charge is 0.519 e. The van der Waals surface area contributed by atoms with Crippen LogP contribution in [0.25, 0.3) is 0 Å². The first-order chi connectivity index (χ1) is 11.1. The van der Waals surface area contributed by atoms with E-state index in [0.29, 0.717) is 24.7 Å². The molecule has 0 aliphatic heterocycles. The van der Waals surface area contributed by atoms with Gasteiger partial charge < -0.3 is 14.2 Å². The molecule has 122 valence electrons. The van der Waals surface area contributed by atoms with Crippen molar-refractivity contribution in [3.05, 3.63) is 59.2 Å². The van der Waals surface area contributed by atoms with E-state index in [1.807, 2.05) is 51.1 Å². The van der Waals surface area contributed by atoms with Gasteiger partial charge in [0.15, 0.2) is 0 Å². The topological polar surface area (TPSA) is 44.8 Å². The van der Waals surface area contributed by atoms with Gasteiger partial charge in [-0.3, -0.25) is 0 Å². The fourth-order valence-corrected chi connectivity index (χ4v) is 2.24. The van der Waals surface area contributed by atoms with Crippen molar-refractivity contribution < 1.29 is 19.0 Å². The van der Waals surface area contributed by atoms with E-state index in [0.717, 1.165) is 23.1 Å². The van der Waals surface area contributed by atoms with Gasteiger partial charge in [0.1, 0.15) is 11.5 Å². The van der Waals surface area contributed by atoms with E-state index in [2.05, 4.69) is 0 Å². The van der Waals surface area contributed by atoms with Crippen molar-refractivity contribution in [1.82, 2.24) is 0 Å². The smallest absolute Gasteiger partial charge is 0.394 e. The molecule has 0 saturated carbocycles. The zero-order valence-electron chi connectivity index (χ0n) is 13.8. The van der Waals surface area contributed by atoms with Crippen LogP contribution in [-0.4, -0.2) is 19.4 Å². The van der Waals surface area contributed by atoms with Crippen LogP contribution < -0.4 is 9.47 Å². The summed E-state index contributed by atoms with van der Waals surface area (Å²) in [5.41, 5.74) is 2.90. The summed E-state index contributed by atoms with van der Waals surface area (Å²) in [6.07, 6.45) is 0.0494. The Morgan fingerprint density at radius 3 is 2.39 bits per heavy atom. The molecule has 0 N–H and O–H groups in total. The SMILES string of the molecule is CCOCCc1cccc(OC(=O)Oc2ccccc2C)c1C. The van der Waals surface area contributed by atoms with Crippen LogP contribution in [0.2, 0.25) is 0 Å². The zero-order chi connectivity index (χ0) is 16.7. The van der Waals surface area contributed by atoms with Crippen LogP contribution >= 0.6 is 0 Å². The van der Waals surface area contributed by atoms with Crippen LogP contribution in [0, 0.1) is 13.8 Å². The molecular weight excluding hydrogens is 292 g/mol. The minimum absolute atomic E-state index is 0.502. The average molecular weight is 314 g/mol. The maximum atomic E-state index is 12.0. The van der Waals surface area contributed by atoms with Crippen LogP contribution in [0.15, 0.2) is 42.5 Å². The predicted octanol–water partition coefficient (Wildman–Crippen LogP) is 4.46. The fourth-order valence-electron chi connectivity index (χ4n) is 2.24. The minimum atomic E-state index is -0.732. The summed E-state index contributed by atoms with van der Waals surface area (Å²) >= 11 is 0. The van der Waals surface area contributed by atoms with Gasteiger partial charge in [-0.2, -0.15) is 0 Å². The van der Waals surface area contributed by atoms with E-state index in [1.165, 1.54) is 0 Å². The molecule has 2 rings (SSSR count). The Morgan fingerprint density at radius 1 is 0.957 bits per heavy atom. The molecule has 4 nitrogen and oxygen atoms in total. The maximum absolute atomic E-state index is 12.0. The lowest BCUT2D eigenvalue weighted by atomic mass is 10.1. The number of hydrogen-bond acceptors (Lipinski definition) is 4. The summed E-state index contributed by atoms with van der Waals surface area (Å²) in [7, 11) is 0. The number of carbonyl (C=O) groups is 1. The predicted molar refractivity (Wildman–Crippen MR) is 89.2 cm³/mol. The first-order valence-corrected chi connectivity index (χ1v) is 7.73. The van der Waals surface area contributed by atoms with E-state index in [-0.39, 0.29) is 0 Å². The fraction of sp³-hybridized carbons (Fsp3) is 0.316. The Bertz CT molecular complexity index is 664. The monoisotopic (exact) mass is 314 g/mol. The van der Waals surface area contributed by atoms with Gasteiger partial charge in [-0.05, 0) is 56.0 Å². The minimum Gasteiger partial charge on any atom is -0.394 e. The van der Waals surface area contributed by atoms with Crippen LogP contribution in [0.1, 0.15) is 23.6 Å². The molecule has 0 bridgehead atoms. The van der Waals surface area contributed by atoms with Gasteiger partial charge in [0.05, 0.1) is 6.61 Å². The second-order valence-corrected chi connectivity index (χ2v) is 5.21. The molecule has 0 aliphatic rings. The van der Waals surface area contributed by atoms with Gasteiger partial charge in [0.25, 0.3) is 0 Å². The maximum Gasteiger partial charge on any atom is 0.519 e. The lowest BCUT2D eigenvalue weighted by Gasteiger charge is -2.12. The molecule has 0 heterocycles. The number of carbonyl (C=O) groups excluding carboxylic acids is 1. The molecule has 0 spiro atoms. The Balaban J connectivity index is 2.03. The third-order valence-corrected chi connectivity index (χ3v) is 3.60. The second-order valence-electron chi connectivity index (χ2n) is 5.21. The number of hydrogen-bond donors (Lipinski definition) is 0. The molecule has 0 aromatic heterocycles. The normalized spacial score (nSPS) is 10.4. The highest BCUT2D eigenvalue weighted by atomic mass is 16.7. The molecule has 0 unspecified atom stereocenters. The van der Waals surface area contributed by atoms with Gasteiger partial charge in [-0.1, -0.05) is 30.3 Å². The molecule has 23 heavy (non-hydrogen) atoms. The van der Waals surface area contributed by atoms with E-state index in [1.54, 1.807) is 12.1 Å². The third kappa shape index (κ3) is 4.83. The second kappa shape index (κ2) is 8.34. The highest BCUT2D eigenvalue weighted by Gasteiger charge is 2.12. The number of benzene rings is 2. The first kappa shape index (κ1) is 17.0. The molecule has 0 fully saturated rings. The first-order valence-electron chi connectivity index (χ1n) is 7.73. The van der Waals surface area contributed by atoms with Crippen molar-refractivity contribution >= 4 is 6.16 Å². The van der Waals surface area contributed by atoms with Crippen molar-refractivity contribution in [2.24, 2.45) is 0 Å². The molecule has 4 heteroatoms. The molecular formula is C19H22O4. The molecule has 0 atom stereocenters. The number of rotatable bonds is 6. The standard InChI is InChI=1S/C19H22O4/c1-4-21-13-12-16-9-7-11-18(15(16)3)23-19(20)22-17-10-6-5-8-14(17)2/h5-11H,4,12-13H2,1-3H3. The van der Waals surface area contributed by atoms with Crippen molar-refractivity contribution in [1.29, 1.82) is 0 Å². The summed E-state index contributed by atoms with van der Waals surface area (Å²) in [5.74, 6) is 1.01. The van der Waals surface area contributed by atoms with Crippen molar-refractivity contribution in [2.75, 3.05) is 13.2 Å². The van der Waals surface area contributed by atoms with E-state index in [9.17, 15) is 4.79 Å². The average Bonchev–Trinajstić information content (AvgIpc) is 2.53. The van der Waals surface area contributed by atoms with Crippen molar-refractivity contribution in [3.8, 4) is 11.5 Å². The van der Waals surface area contributed by atoms with Crippen LogP contribution in [0.5, 0.6) is 11.5 Å². The Morgan fingerprint density at radius 2 is 1.65 bits per heavy atom. The molecule has 0 radical (unpaired) electrons. The number of ether oxygens (including phenoxy) is 3.